The first-order valence-electron chi connectivity index (χ1n) is 20.9. The molecular weight excluding hydrogens is 562 g/mol. The van der Waals surface area contributed by atoms with Gasteiger partial charge in [-0.3, -0.25) is 0 Å². The second-order valence-corrected chi connectivity index (χ2v) is 15.3. The zero-order chi connectivity index (χ0) is 33.0. The van der Waals surface area contributed by atoms with Crippen LogP contribution in [0.25, 0.3) is 0 Å². The Kier molecular flexibility index (Phi) is 25.5. The fourth-order valence-corrected chi connectivity index (χ4v) is 7.68. The van der Waals surface area contributed by atoms with Crippen LogP contribution >= 0.6 is 0 Å². The summed E-state index contributed by atoms with van der Waals surface area (Å²) in [6.45, 7) is 4.57. The van der Waals surface area contributed by atoms with E-state index in [9.17, 15) is 0 Å². The van der Waals surface area contributed by atoms with Crippen LogP contribution in [0.3, 0.4) is 0 Å². The van der Waals surface area contributed by atoms with Gasteiger partial charge in [-0.15, -0.1) is 0 Å². The fourth-order valence-electron chi connectivity index (χ4n) is 7.68. The van der Waals surface area contributed by atoms with Crippen LogP contribution in [0.5, 0.6) is 0 Å². The van der Waals surface area contributed by atoms with Gasteiger partial charge in [0.15, 0.2) is 5.79 Å². The molecule has 2 atom stereocenters. The Balaban J connectivity index is 1.53. The highest BCUT2D eigenvalue weighted by atomic mass is 16.8. The van der Waals surface area contributed by atoms with Gasteiger partial charge in [-0.2, -0.15) is 0 Å². The first-order chi connectivity index (χ1) is 22.6. The predicted molar refractivity (Wildman–Crippen MR) is 203 cm³/mol. The summed E-state index contributed by atoms with van der Waals surface area (Å²) in [6.07, 6.45) is 51.4. The van der Waals surface area contributed by atoms with Crippen LogP contribution in [0.15, 0.2) is 24.3 Å². The molecule has 2 unspecified atom stereocenters. The molecule has 0 N–H and O–H groups in total. The Labute approximate surface area is 289 Å². The van der Waals surface area contributed by atoms with Crippen molar-refractivity contribution in [3.63, 3.8) is 0 Å². The summed E-state index contributed by atoms with van der Waals surface area (Å²) in [4.78, 5) is 2.36. The van der Waals surface area contributed by atoms with Gasteiger partial charge in [0.1, 0.15) is 0 Å². The second-order valence-electron chi connectivity index (χ2n) is 15.3. The van der Waals surface area contributed by atoms with Gasteiger partial charge in [0.25, 0.3) is 0 Å². The monoisotopic (exact) mass is 644 g/mol. The molecule has 1 saturated heterocycles. The van der Waals surface area contributed by atoms with E-state index in [1.165, 1.54) is 167 Å². The second kappa shape index (κ2) is 28.2. The van der Waals surface area contributed by atoms with Gasteiger partial charge in [-0.1, -0.05) is 173 Å². The van der Waals surface area contributed by atoms with E-state index < -0.39 is 0 Å². The minimum absolute atomic E-state index is 0.293. The lowest BCUT2D eigenvalue weighted by Crippen LogP contribution is -2.34. The molecule has 1 aliphatic carbocycles. The molecule has 46 heavy (non-hydrogen) atoms. The molecule has 1 aliphatic heterocycles. The van der Waals surface area contributed by atoms with Gasteiger partial charge in [0, 0.05) is 18.9 Å². The Bertz CT molecular complexity index is 716. The standard InChI is InChI=1S/C43H81NO2/c1-5-7-9-11-13-15-17-19-21-23-25-27-29-31-33-35-37-43(45-41-38-40(44(3)4)39-42(41)46-43)36-34-32-30-28-26-24-22-20-18-16-14-12-10-8-6-2/h12,14,18,20,40-42H,5-11,13,15-17,19,21-39H2,1-4H3/b14-12+,20-18-. The topological polar surface area (TPSA) is 21.7 Å². The van der Waals surface area contributed by atoms with Crippen LogP contribution in [0, 0.1) is 0 Å². The van der Waals surface area contributed by atoms with Crippen molar-refractivity contribution in [2.24, 2.45) is 0 Å². The summed E-state index contributed by atoms with van der Waals surface area (Å²) in [5.74, 6) is -0.293. The molecule has 0 aromatic carbocycles. The largest absolute Gasteiger partial charge is 0.344 e. The van der Waals surface area contributed by atoms with Crippen molar-refractivity contribution in [3.8, 4) is 0 Å². The summed E-state index contributed by atoms with van der Waals surface area (Å²) in [7, 11) is 4.41. The van der Waals surface area contributed by atoms with E-state index in [4.69, 9.17) is 9.47 Å². The maximum absolute atomic E-state index is 6.84. The number of nitrogens with zero attached hydrogens (tertiary/aromatic N) is 1. The maximum atomic E-state index is 6.84. The third kappa shape index (κ3) is 20.0. The summed E-state index contributed by atoms with van der Waals surface area (Å²) in [5.41, 5.74) is 0. The Morgan fingerprint density at radius 2 is 0.848 bits per heavy atom. The van der Waals surface area contributed by atoms with Crippen LogP contribution in [0.1, 0.15) is 213 Å². The smallest absolute Gasteiger partial charge is 0.169 e. The quantitative estimate of drug-likeness (QED) is 0.0538. The Morgan fingerprint density at radius 3 is 1.26 bits per heavy atom. The van der Waals surface area contributed by atoms with E-state index >= 15 is 0 Å². The van der Waals surface area contributed by atoms with Gasteiger partial charge < -0.3 is 14.4 Å². The molecule has 1 heterocycles. The van der Waals surface area contributed by atoms with Gasteiger partial charge in [-0.05, 0) is 65.5 Å². The molecule has 0 aromatic rings. The third-order valence-corrected chi connectivity index (χ3v) is 10.8. The average Bonchev–Trinajstić information content (AvgIpc) is 3.59. The maximum Gasteiger partial charge on any atom is 0.169 e. The molecule has 3 nitrogen and oxygen atoms in total. The number of hydrogen-bond acceptors (Lipinski definition) is 3. The van der Waals surface area contributed by atoms with Gasteiger partial charge in [0.2, 0.25) is 0 Å². The molecule has 0 spiro atoms. The summed E-state index contributed by atoms with van der Waals surface area (Å²) in [5, 5.41) is 0. The minimum Gasteiger partial charge on any atom is -0.344 e. The van der Waals surface area contributed by atoms with Crippen molar-refractivity contribution in [2.75, 3.05) is 14.1 Å². The molecule has 0 amide bonds. The van der Waals surface area contributed by atoms with Gasteiger partial charge in [0.05, 0.1) is 12.2 Å². The first kappa shape index (κ1) is 41.5. The number of allylic oxidation sites excluding steroid dienone is 4. The van der Waals surface area contributed by atoms with Crippen molar-refractivity contribution in [1.82, 2.24) is 4.90 Å². The molecule has 2 rings (SSSR count). The van der Waals surface area contributed by atoms with E-state index in [1.54, 1.807) is 0 Å². The summed E-state index contributed by atoms with van der Waals surface area (Å²) in [6, 6.07) is 0.612. The highest BCUT2D eigenvalue weighted by Gasteiger charge is 2.51. The minimum atomic E-state index is -0.293. The summed E-state index contributed by atoms with van der Waals surface area (Å²) < 4.78 is 13.7. The highest BCUT2D eigenvalue weighted by molar-refractivity contribution is 4.96. The average molecular weight is 644 g/mol. The van der Waals surface area contributed by atoms with E-state index in [2.05, 4.69) is 57.1 Å². The lowest BCUT2D eigenvalue weighted by Gasteiger charge is -2.31. The normalized spacial score (nSPS) is 23.1. The Morgan fingerprint density at radius 1 is 0.478 bits per heavy atom. The number of fused-ring (bicyclic) bond motifs is 1. The SMILES string of the molecule is CCCC/C=C/C/C=C\CCCCCCCCC1(CCCCCCCCCCCCCCCCCC)OC2CC(N(C)C)CC2O1. The molecule has 3 heteroatoms. The number of rotatable bonds is 32. The molecule has 1 saturated carbocycles. The van der Waals surface area contributed by atoms with Crippen LogP contribution in [0.2, 0.25) is 0 Å². The first-order valence-corrected chi connectivity index (χ1v) is 20.9. The van der Waals surface area contributed by atoms with Crippen molar-refractivity contribution in [2.45, 2.75) is 237 Å². The molecule has 2 fully saturated rings. The van der Waals surface area contributed by atoms with Crippen LogP contribution in [0.4, 0.5) is 0 Å². The van der Waals surface area contributed by atoms with E-state index in [-0.39, 0.29) is 5.79 Å². The van der Waals surface area contributed by atoms with E-state index in [0.717, 1.165) is 32.1 Å². The van der Waals surface area contributed by atoms with Gasteiger partial charge in [-0.25, -0.2) is 0 Å². The highest BCUT2D eigenvalue weighted by Crippen LogP contribution is 2.44. The molecule has 270 valence electrons. The number of ether oxygens (including phenoxy) is 2. The summed E-state index contributed by atoms with van der Waals surface area (Å²) >= 11 is 0. The zero-order valence-corrected chi connectivity index (χ0v) is 31.7. The molecule has 2 aliphatic rings. The number of hydrogen-bond donors (Lipinski definition) is 0. The van der Waals surface area contributed by atoms with Crippen molar-refractivity contribution in [3.05, 3.63) is 24.3 Å². The number of unbranched alkanes of at least 4 members (excludes halogenated alkanes) is 23. The van der Waals surface area contributed by atoms with Crippen LogP contribution in [-0.2, 0) is 9.47 Å². The van der Waals surface area contributed by atoms with Crippen molar-refractivity contribution < 1.29 is 9.47 Å². The fraction of sp³-hybridized carbons (Fsp3) is 0.907. The third-order valence-electron chi connectivity index (χ3n) is 10.8. The van der Waals surface area contributed by atoms with Crippen molar-refractivity contribution in [1.29, 1.82) is 0 Å². The van der Waals surface area contributed by atoms with E-state index in [1.807, 2.05) is 0 Å². The van der Waals surface area contributed by atoms with E-state index in [0.29, 0.717) is 18.2 Å². The molecule has 0 radical (unpaired) electrons. The van der Waals surface area contributed by atoms with Crippen molar-refractivity contribution >= 4 is 0 Å². The molecular formula is C43H81NO2. The zero-order valence-electron chi connectivity index (χ0n) is 31.7. The molecule has 0 aromatic heterocycles. The Hall–Kier alpha value is -0.640. The van der Waals surface area contributed by atoms with Crippen LogP contribution in [-0.4, -0.2) is 43.0 Å². The predicted octanol–water partition coefficient (Wildman–Crippen LogP) is 13.7. The van der Waals surface area contributed by atoms with Crippen LogP contribution < -0.4 is 0 Å². The lowest BCUT2D eigenvalue weighted by atomic mass is 9.98. The van der Waals surface area contributed by atoms with Gasteiger partial charge >= 0.3 is 0 Å². The molecule has 0 bridgehead atoms. The lowest BCUT2D eigenvalue weighted by molar-refractivity contribution is -0.193.